The van der Waals surface area contributed by atoms with Crippen LogP contribution in [-0.2, 0) is 4.79 Å². The van der Waals surface area contributed by atoms with Crippen molar-refractivity contribution in [3.63, 3.8) is 0 Å². The van der Waals surface area contributed by atoms with Crippen LogP contribution < -0.4 is 4.90 Å². The molecule has 0 aliphatic carbocycles. The third kappa shape index (κ3) is 2.92. The SMILES string of the molecule is CN(CC(=O)O)c1ccc2cc(-c3nc4ccccc4[nH]3)ccc2c1. The van der Waals surface area contributed by atoms with Gasteiger partial charge >= 0.3 is 5.97 Å². The highest BCUT2D eigenvalue weighted by molar-refractivity contribution is 5.90. The first-order chi connectivity index (χ1) is 12.1. The molecule has 0 radical (unpaired) electrons. The molecule has 0 unspecified atom stereocenters. The van der Waals surface area contributed by atoms with Crippen LogP contribution in [0.1, 0.15) is 0 Å². The monoisotopic (exact) mass is 331 g/mol. The molecule has 0 aliphatic rings. The standard InChI is InChI=1S/C20H17N3O2/c1-23(12-19(24)25)16-9-8-13-10-15(7-6-14(13)11-16)20-21-17-4-2-3-5-18(17)22-20/h2-11H,12H2,1H3,(H,21,22)(H,24,25). The Morgan fingerprint density at radius 2 is 1.84 bits per heavy atom. The van der Waals surface area contributed by atoms with E-state index in [1.165, 1.54) is 0 Å². The molecular weight excluding hydrogens is 314 g/mol. The van der Waals surface area contributed by atoms with E-state index in [1.807, 2.05) is 54.6 Å². The summed E-state index contributed by atoms with van der Waals surface area (Å²) in [5.74, 6) is -0.00185. The van der Waals surface area contributed by atoms with Crippen molar-refractivity contribution in [1.29, 1.82) is 0 Å². The molecule has 1 aromatic heterocycles. The molecule has 0 fully saturated rings. The number of carbonyl (C=O) groups is 1. The lowest BCUT2D eigenvalue weighted by molar-refractivity contribution is -0.135. The number of hydrogen-bond donors (Lipinski definition) is 2. The number of fused-ring (bicyclic) bond motifs is 2. The zero-order chi connectivity index (χ0) is 17.4. The van der Waals surface area contributed by atoms with E-state index in [0.29, 0.717) is 0 Å². The Hall–Kier alpha value is -3.34. The van der Waals surface area contributed by atoms with Gasteiger partial charge in [0, 0.05) is 18.3 Å². The number of aliphatic carboxylic acids is 1. The molecule has 0 bridgehead atoms. The van der Waals surface area contributed by atoms with Gasteiger partial charge in [-0.3, -0.25) is 4.79 Å². The van der Waals surface area contributed by atoms with Gasteiger partial charge in [0.25, 0.3) is 0 Å². The topological polar surface area (TPSA) is 69.2 Å². The van der Waals surface area contributed by atoms with Gasteiger partial charge in [0.15, 0.2) is 0 Å². The van der Waals surface area contributed by atoms with Gasteiger partial charge in [-0.2, -0.15) is 0 Å². The van der Waals surface area contributed by atoms with Gasteiger partial charge in [-0.25, -0.2) is 4.98 Å². The second kappa shape index (κ2) is 5.94. The van der Waals surface area contributed by atoms with E-state index in [9.17, 15) is 4.79 Å². The van der Waals surface area contributed by atoms with Crippen LogP contribution in [0.5, 0.6) is 0 Å². The summed E-state index contributed by atoms with van der Waals surface area (Å²) in [6, 6.07) is 20.1. The van der Waals surface area contributed by atoms with Gasteiger partial charge in [-0.05, 0) is 41.1 Å². The second-order valence-corrected chi connectivity index (χ2v) is 6.10. The highest BCUT2D eigenvalue weighted by Crippen LogP contribution is 2.27. The van der Waals surface area contributed by atoms with Gasteiger partial charge < -0.3 is 15.0 Å². The van der Waals surface area contributed by atoms with E-state index >= 15 is 0 Å². The summed E-state index contributed by atoms with van der Waals surface area (Å²) in [6.07, 6.45) is 0. The van der Waals surface area contributed by atoms with Crippen LogP contribution in [0.25, 0.3) is 33.2 Å². The lowest BCUT2D eigenvalue weighted by Gasteiger charge is -2.17. The zero-order valence-corrected chi connectivity index (χ0v) is 13.7. The third-order valence-electron chi connectivity index (χ3n) is 4.30. The van der Waals surface area contributed by atoms with Crippen LogP contribution in [0.3, 0.4) is 0 Å². The van der Waals surface area contributed by atoms with Crippen LogP contribution in [0, 0.1) is 0 Å². The quantitative estimate of drug-likeness (QED) is 0.595. The number of likely N-dealkylation sites (N-methyl/N-ethyl adjacent to an activating group) is 1. The summed E-state index contributed by atoms with van der Waals surface area (Å²) in [7, 11) is 1.78. The summed E-state index contributed by atoms with van der Waals surface area (Å²) in [5.41, 5.74) is 3.87. The third-order valence-corrected chi connectivity index (χ3v) is 4.30. The van der Waals surface area contributed by atoms with Gasteiger partial charge in [-0.15, -0.1) is 0 Å². The summed E-state index contributed by atoms with van der Waals surface area (Å²) in [5, 5.41) is 11.1. The lowest BCUT2D eigenvalue weighted by Crippen LogP contribution is -2.24. The summed E-state index contributed by atoms with van der Waals surface area (Å²) >= 11 is 0. The van der Waals surface area contributed by atoms with Crippen LogP contribution in [0.15, 0.2) is 60.7 Å². The van der Waals surface area contributed by atoms with E-state index < -0.39 is 5.97 Å². The minimum Gasteiger partial charge on any atom is -0.480 e. The number of nitrogens with zero attached hydrogens (tertiary/aromatic N) is 2. The largest absolute Gasteiger partial charge is 0.480 e. The predicted molar refractivity (Wildman–Crippen MR) is 99.9 cm³/mol. The molecule has 4 aromatic rings. The second-order valence-electron chi connectivity index (χ2n) is 6.10. The smallest absolute Gasteiger partial charge is 0.323 e. The maximum atomic E-state index is 10.9. The van der Waals surface area contributed by atoms with Crippen LogP contribution >= 0.6 is 0 Å². The van der Waals surface area contributed by atoms with Crippen LogP contribution in [0.4, 0.5) is 5.69 Å². The van der Waals surface area contributed by atoms with Crippen molar-refractivity contribution in [3.05, 3.63) is 60.7 Å². The fraction of sp³-hybridized carbons (Fsp3) is 0.100. The molecule has 0 aliphatic heterocycles. The number of H-pyrrole nitrogens is 1. The van der Waals surface area contributed by atoms with Gasteiger partial charge in [-0.1, -0.05) is 30.3 Å². The molecule has 5 heteroatoms. The minimum absolute atomic E-state index is 0.0252. The molecule has 0 spiro atoms. The first kappa shape index (κ1) is 15.2. The molecule has 1 heterocycles. The molecule has 25 heavy (non-hydrogen) atoms. The molecule has 0 saturated carbocycles. The van der Waals surface area contributed by atoms with Crippen molar-refractivity contribution in [2.45, 2.75) is 0 Å². The Balaban J connectivity index is 1.72. The number of carboxylic acid groups (broad SMARTS) is 1. The maximum absolute atomic E-state index is 10.9. The van der Waals surface area contributed by atoms with E-state index in [4.69, 9.17) is 5.11 Å². The van der Waals surface area contributed by atoms with Crippen molar-refractivity contribution in [2.75, 3.05) is 18.5 Å². The van der Waals surface area contributed by atoms with Crippen LogP contribution in [-0.4, -0.2) is 34.6 Å². The summed E-state index contributed by atoms with van der Waals surface area (Å²) in [6.45, 7) is -0.0252. The Labute approximate surface area is 144 Å². The average molecular weight is 331 g/mol. The zero-order valence-electron chi connectivity index (χ0n) is 13.7. The number of rotatable bonds is 4. The average Bonchev–Trinajstić information content (AvgIpc) is 3.04. The molecule has 4 rings (SSSR count). The summed E-state index contributed by atoms with van der Waals surface area (Å²) in [4.78, 5) is 20.6. The maximum Gasteiger partial charge on any atom is 0.323 e. The normalized spacial score (nSPS) is 11.1. The first-order valence-electron chi connectivity index (χ1n) is 8.02. The minimum atomic E-state index is -0.845. The lowest BCUT2D eigenvalue weighted by atomic mass is 10.1. The Morgan fingerprint density at radius 3 is 2.64 bits per heavy atom. The molecule has 124 valence electrons. The highest BCUT2D eigenvalue weighted by Gasteiger charge is 2.08. The van der Waals surface area contributed by atoms with Crippen molar-refractivity contribution in [3.8, 4) is 11.4 Å². The number of anilines is 1. The fourth-order valence-electron chi connectivity index (χ4n) is 3.00. The Morgan fingerprint density at radius 1 is 1.08 bits per heavy atom. The molecule has 0 saturated heterocycles. The molecule has 3 aromatic carbocycles. The number of aromatic nitrogens is 2. The Bertz CT molecular complexity index is 1050. The molecular formula is C20H17N3O2. The molecule has 0 atom stereocenters. The van der Waals surface area contributed by atoms with E-state index in [2.05, 4.69) is 16.0 Å². The summed E-state index contributed by atoms with van der Waals surface area (Å²) < 4.78 is 0. The number of aromatic amines is 1. The number of nitrogens with one attached hydrogen (secondary N) is 1. The highest BCUT2D eigenvalue weighted by atomic mass is 16.4. The molecule has 5 nitrogen and oxygen atoms in total. The molecule has 0 amide bonds. The number of para-hydroxylation sites is 2. The first-order valence-corrected chi connectivity index (χ1v) is 8.02. The predicted octanol–water partition coefficient (Wildman–Crippen LogP) is 3.90. The number of hydrogen-bond acceptors (Lipinski definition) is 3. The fourth-order valence-corrected chi connectivity index (χ4v) is 3.00. The number of benzene rings is 3. The van der Waals surface area contributed by atoms with Gasteiger partial charge in [0.1, 0.15) is 12.4 Å². The van der Waals surface area contributed by atoms with Gasteiger partial charge in [0.05, 0.1) is 11.0 Å². The Kier molecular flexibility index (Phi) is 3.61. The molecule has 2 N–H and O–H groups in total. The van der Waals surface area contributed by atoms with Crippen molar-refractivity contribution < 1.29 is 9.90 Å². The van der Waals surface area contributed by atoms with Crippen molar-refractivity contribution in [2.24, 2.45) is 0 Å². The van der Waals surface area contributed by atoms with Crippen LogP contribution in [0.2, 0.25) is 0 Å². The number of imidazole rings is 1. The number of carboxylic acids is 1. The van der Waals surface area contributed by atoms with E-state index in [1.54, 1.807) is 11.9 Å². The van der Waals surface area contributed by atoms with E-state index in [0.717, 1.165) is 38.9 Å². The van der Waals surface area contributed by atoms with Crippen molar-refractivity contribution in [1.82, 2.24) is 9.97 Å². The van der Waals surface area contributed by atoms with E-state index in [-0.39, 0.29) is 6.54 Å². The van der Waals surface area contributed by atoms with Gasteiger partial charge in [0.2, 0.25) is 0 Å². The van der Waals surface area contributed by atoms with Crippen molar-refractivity contribution >= 4 is 33.5 Å².